The van der Waals surface area contributed by atoms with E-state index in [-0.39, 0.29) is 10.8 Å². The summed E-state index contributed by atoms with van der Waals surface area (Å²) in [6.45, 7) is 13.7. The predicted octanol–water partition coefficient (Wildman–Crippen LogP) is 13.7. The first kappa shape index (κ1) is 26.6. The standard InChI is InChI=1S/C42H32Cl2/c1-41(2,3)23-13-21-9-7-11-27-35(21)29(15-23)31-17-25(43)19-33-38-28-12-8-10-22-14-24(42(4,5)6)16-30(36(22)28)32-18-26(44)20-34(40(32)38)37(27)39(31)33/h7-20H,1-6H3. The average molecular weight is 608 g/mol. The van der Waals surface area contributed by atoms with Crippen LogP contribution in [-0.4, -0.2) is 0 Å². The van der Waals surface area contributed by atoms with Gasteiger partial charge in [0.15, 0.2) is 0 Å². The Bertz CT molecular complexity index is 2490. The third-order valence-corrected chi connectivity index (χ3v) is 10.5. The van der Waals surface area contributed by atoms with E-state index < -0.39 is 0 Å². The van der Waals surface area contributed by atoms with Crippen molar-refractivity contribution in [2.75, 3.05) is 0 Å². The van der Waals surface area contributed by atoms with Crippen molar-refractivity contribution in [3.63, 3.8) is 0 Å². The van der Waals surface area contributed by atoms with Crippen LogP contribution < -0.4 is 0 Å². The van der Waals surface area contributed by atoms with Gasteiger partial charge in [-0.15, -0.1) is 0 Å². The zero-order chi connectivity index (χ0) is 30.4. The summed E-state index contributed by atoms with van der Waals surface area (Å²) in [5.74, 6) is 0. The lowest BCUT2D eigenvalue weighted by Crippen LogP contribution is -2.11. The molecule has 0 aliphatic heterocycles. The first-order valence-corrected chi connectivity index (χ1v) is 16.2. The Balaban J connectivity index is 1.67. The normalized spacial score (nSPS) is 13.5. The molecular formula is C42H32Cl2. The largest absolute Gasteiger partial charge is 0.0843 e. The molecule has 0 aliphatic carbocycles. The van der Waals surface area contributed by atoms with Crippen LogP contribution in [0, 0.1) is 0 Å². The third kappa shape index (κ3) is 3.42. The van der Waals surface area contributed by atoms with Gasteiger partial charge in [0.05, 0.1) is 0 Å². The molecule has 0 amide bonds. The van der Waals surface area contributed by atoms with E-state index in [1.54, 1.807) is 0 Å². The Morgan fingerprint density at radius 1 is 0.364 bits per heavy atom. The van der Waals surface area contributed by atoms with Crippen molar-refractivity contribution in [2.24, 2.45) is 0 Å². The molecule has 9 rings (SSSR count). The van der Waals surface area contributed by atoms with Crippen LogP contribution in [0.5, 0.6) is 0 Å². The van der Waals surface area contributed by atoms with E-state index in [4.69, 9.17) is 23.2 Å². The monoisotopic (exact) mass is 606 g/mol. The van der Waals surface area contributed by atoms with Gasteiger partial charge in [-0.1, -0.05) is 113 Å². The Kier molecular flexibility index (Phi) is 5.10. The maximum absolute atomic E-state index is 7.09. The molecule has 0 N–H and O–H groups in total. The van der Waals surface area contributed by atoms with Gasteiger partial charge >= 0.3 is 0 Å². The third-order valence-electron chi connectivity index (χ3n) is 10.0. The molecule has 0 unspecified atom stereocenters. The molecule has 0 fully saturated rings. The molecule has 0 aliphatic rings. The highest BCUT2D eigenvalue weighted by molar-refractivity contribution is 6.49. The van der Waals surface area contributed by atoms with Crippen molar-refractivity contribution in [2.45, 2.75) is 52.4 Å². The zero-order valence-corrected chi connectivity index (χ0v) is 27.4. The van der Waals surface area contributed by atoms with Crippen molar-refractivity contribution in [3.8, 4) is 0 Å². The number of fused-ring (bicyclic) bond motifs is 6. The molecule has 0 bridgehead atoms. The fourth-order valence-electron chi connectivity index (χ4n) is 7.96. The van der Waals surface area contributed by atoms with E-state index in [2.05, 4.69) is 126 Å². The summed E-state index contributed by atoms with van der Waals surface area (Å²) in [7, 11) is 0. The summed E-state index contributed by atoms with van der Waals surface area (Å²) in [5.41, 5.74) is 2.69. The van der Waals surface area contributed by atoms with E-state index in [1.807, 2.05) is 0 Å². The lowest BCUT2D eigenvalue weighted by Gasteiger charge is -2.25. The molecule has 44 heavy (non-hydrogen) atoms. The van der Waals surface area contributed by atoms with E-state index >= 15 is 0 Å². The van der Waals surface area contributed by atoms with Crippen LogP contribution in [0.2, 0.25) is 10.0 Å². The van der Waals surface area contributed by atoms with Gasteiger partial charge in [-0.3, -0.25) is 0 Å². The molecule has 9 aromatic rings. The number of benzene rings is 9. The molecule has 0 radical (unpaired) electrons. The van der Waals surface area contributed by atoms with Crippen LogP contribution >= 0.6 is 23.2 Å². The number of rotatable bonds is 0. The fourth-order valence-corrected chi connectivity index (χ4v) is 8.40. The van der Waals surface area contributed by atoms with E-state index in [0.717, 1.165) is 10.0 Å². The average Bonchev–Trinajstić information content (AvgIpc) is 2.96. The molecule has 0 saturated heterocycles. The summed E-state index contributed by atoms with van der Waals surface area (Å²) >= 11 is 14.2. The van der Waals surface area contributed by atoms with Gasteiger partial charge in [-0.05, 0) is 145 Å². The van der Waals surface area contributed by atoms with Crippen molar-refractivity contribution >= 4 is 109 Å². The summed E-state index contributed by atoms with van der Waals surface area (Å²) in [6, 6.07) is 31.9. The second-order valence-corrected chi connectivity index (χ2v) is 15.7. The molecule has 0 atom stereocenters. The van der Waals surface area contributed by atoms with Crippen molar-refractivity contribution < 1.29 is 0 Å². The second kappa shape index (κ2) is 8.45. The van der Waals surface area contributed by atoms with Crippen LogP contribution in [0.15, 0.2) is 84.9 Å². The summed E-state index contributed by atoms with van der Waals surface area (Å²) in [6.07, 6.45) is 0. The number of hydrogen-bond donors (Lipinski definition) is 0. The first-order chi connectivity index (χ1) is 20.9. The lowest BCUT2D eigenvalue weighted by molar-refractivity contribution is 0.591. The molecule has 2 heteroatoms. The molecular weight excluding hydrogens is 575 g/mol. The minimum absolute atomic E-state index is 0.0156. The van der Waals surface area contributed by atoms with Crippen molar-refractivity contribution in [1.29, 1.82) is 0 Å². The molecule has 0 heterocycles. The second-order valence-electron chi connectivity index (χ2n) is 14.9. The van der Waals surface area contributed by atoms with Crippen LogP contribution in [0.3, 0.4) is 0 Å². The SMILES string of the molecule is CC(C)(C)c1cc2cccc3c2c(c1)c1cc(Cl)cc2c1c3c1cc(Cl)cc3c4cc(C(C)(C)C)cc5cccc(c54)c2c31. The quantitative estimate of drug-likeness (QED) is 0.119. The smallest absolute Gasteiger partial charge is 0.0418 e. The van der Waals surface area contributed by atoms with Gasteiger partial charge in [0.25, 0.3) is 0 Å². The molecule has 0 aromatic heterocycles. The van der Waals surface area contributed by atoms with Gasteiger partial charge in [0, 0.05) is 10.0 Å². The van der Waals surface area contributed by atoms with Crippen molar-refractivity contribution in [1.82, 2.24) is 0 Å². The van der Waals surface area contributed by atoms with Gasteiger partial charge in [0.2, 0.25) is 0 Å². The summed E-state index contributed by atoms with van der Waals surface area (Å²) in [5, 5.41) is 21.6. The fraction of sp³-hybridized carbons (Fsp3) is 0.190. The molecule has 0 saturated carbocycles. The van der Waals surface area contributed by atoms with Crippen LogP contribution in [0.1, 0.15) is 52.7 Å². The Hall–Kier alpha value is -3.84. The van der Waals surface area contributed by atoms with Gasteiger partial charge in [0.1, 0.15) is 0 Å². The summed E-state index contributed by atoms with van der Waals surface area (Å²) < 4.78 is 0. The maximum Gasteiger partial charge on any atom is 0.0418 e. The first-order valence-electron chi connectivity index (χ1n) is 15.5. The number of hydrogen-bond acceptors (Lipinski definition) is 0. The van der Waals surface area contributed by atoms with Crippen LogP contribution in [0.25, 0.3) is 86.2 Å². The van der Waals surface area contributed by atoms with Gasteiger partial charge in [-0.25, -0.2) is 0 Å². The minimum atomic E-state index is 0.0156. The Labute approximate surface area is 266 Å². The van der Waals surface area contributed by atoms with Crippen LogP contribution in [-0.2, 0) is 10.8 Å². The minimum Gasteiger partial charge on any atom is -0.0843 e. The van der Waals surface area contributed by atoms with E-state index in [9.17, 15) is 0 Å². The highest BCUT2D eigenvalue weighted by atomic mass is 35.5. The molecule has 9 aromatic carbocycles. The molecule has 0 spiro atoms. The summed E-state index contributed by atoms with van der Waals surface area (Å²) in [4.78, 5) is 0. The molecule has 214 valence electrons. The van der Waals surface area contributed by atoms with E-state index in [1.165, 1.54) is 97.3 Å². The van der Waals surface area contributed by atoms with Gasteiger partial charge < -0.3 is 0 Å². The van der Waals surface area contributed by atoms with Gasteiger partial charge in [-0.2, -0.15) is 0 Å². The highest BCUT2D eigenvalue weighted by Gasteiger charge is 2.25. The maximum atomic E-state index is 7.09. The predicted molar refractivity (Wildman–Crippen MR) is 196 cm³/mol. The topological polar surface area (TPSA) is 0 Å². The number of halogens is 2. The Morgan fingerprint density at radius 3 is 1.09 bits per heavy atom. The highest BCUT2D eigenvalue weighted by Crippen LogP contribution is 2.52. The van der Waals surface area contributed by atoms with E-state index in [0.29, 0.717) is 0 Å². The lowest BCUT2D eigenvalue weighted by atomic mass is 9.78. The van der Waals surface area contributed by atoms with Crippen LogP contribution in [0.4, 0.5) is 0 Å². The zero-order valence-electron chi connectivity index (χ0n) is 25.8. The van der Waals surface area contributed by atoms with Crippen molar-refractivity contribution in [3.05, 3.63) is 106 Å². The Morgan fingerprint density at radius 2 is 0.705 bits per heavy atom. The molecule has 0 nitrogen and oxygen atoms in total.